The Balaban J connectivity index is 1.89. The minimum atomic E-state index is 0.304. The lowest BCUT2D eigenvalue weighted by atomic mass is 10.3. The zero-order valence-electron chi connectivity index (χ0n) is 11.6. The molecule has 1 saturated heterocycles. The molecule has 0 radical (unpaired) electrons. The lowest BCUT2D eigenvalue weighted by molar-refractivity contribution is 0.0806. The quantitative estimate of drug-likeness (QED) is 0.800. The summed E-state index contributed by atoms with van der Waals surface area (Å²) in [7, 11) is 0. The molecule has 1 aliphatic rings. The second kappa shape index (κ2) is 7.25. The van der Waals surface area contributed by atoms with E-state index in [1.54, 1.807) is 0 Å². The Hall–Kier alpha value is -1.40. The Kier molecular flexibility index (Phi) is 5.35. The van der Waals surface area contributed by atoms with Gasteiger partial charge >= 0.3 is 0 Å². The molecule has 2 rings (SSSR count). The lowest BCUT2D eigenvalue weighted by Gasteiger charge is -2.24. The fraction of sp³-hybridized carbons (Fsp3) is 0.692. The van der Waals surface area contributed by atoms with Crippen LogP contribution >= 0.6 is 0 Å². The largest absolute Gasteiger partial charge is 0.478 e. The number of nitrogens with zero attached hydrogens (tertiary/aromatic N) is 2. The molecule has 0 aromatic carbocycles. The summed E-state index contributed by atoms with van der Waals surface area (Å²) in [4.78, 5) is 8.70. The first-order valence-corrected chi connectivity index (χ1v) is 6.81. The number of hydrogen-bond acceptors (Lipinski definition) is 6. The van der Waals surface area contributed by atoms with Crippen molar-refractivity contribution in [2.75, 3.05) is 38.2 Å². The van der Waals surface area contributed by atoms with Crippen LogP contribution < -0.4 is 15.4 Å². The van der Waals surface area contributed by atoms with Gasteiger partial charge in [-0.3, -0.25) is 0 Å². The molecule has 0 spiro atoms. The third-order valence-electron chi connectivity index (χ3n) is 2.79. The number of ether oxygens (including phenoxy) is 2. The molecule has 0 amide bonds. The number of aryl methyl sites for hydroxylation is 1. The van der Waals surface area contributed by atoms with Crippen molar-refractivity contribution in [3.05, 3.63) is 11.8 Å². The summed E-state index contributed by atoms with van der Waals surface area (Å²) in [5.41, 5.74) is 0.899. The lowest BCUT2D eigenvalue weighted by Crippen LogP contribution is -2.45. The van der Waals surface area contributed by atoms with Crippen LogP contribution in [-0.4, -0.2) is 48.9 Å². The highest BCUT2D eigenvalue weighted by Crippen LogP contribution is 2.12. The summed E-state index contributed by atoms with van der Waals surface area (Å²) in [5, 5.41) is 6.61. The van der Waals surface area contributed by atoms with Crippen molar-refractivity contribution < 1.29 is 9.47 Å². The average Bonchev–Trinajstić information content (AvgIpc) is 2.43. The maximum Gasteiger partial charge on any atom is 0.226 e. The van der Waals surface area contributed by atoms with E-state index >= 15 is 0 Å². The minimum absolute atomic E-state index is 0.304. The Morgan fingerprint density at radius 2 is 2.42 bits per heavy atom. The molecule has 1 aromatic heterocycles. The topological polar surface area (TPSA) is 68.3 Å². The molecular formula is C13H22N4O2. The Morgan fingerprint density at radius 3 is 3.16 bits per heavy atom. The summed E-state index contributed by atoms with van der Waals surface area (Å²) >= 11 is 0. The molecule has 106 valence electrons. The molecule has 1 fully saturated rings. The van der Waals surface area contributed by atoms with Crippen molar-refractivity contribution in [3.63, 3.8) is 0 Å². The molecule has 0 saturated carbocycles. The summed E-state index contributed by atoms with van der Waals surface area (Å²) in [5.74, 6) is 1.24. The van der Waals surface area contributed by atoms with Gasteiger partial charge in [0.25, 0.3) is 0 Å². The van der Waals surface area contributed by atoms with Gasteiger partial charge in [-0.2, -0.15) is 4.98 Å². The standard InChI is InChI=1S/C13H22N4O2/c1-3-5-19-12-7-10(2)16-13(17-12)15-8-11-9-18-6-4-14-11/h7,11,14H,3-6,8-9H2,1-2H3,(H,15,16,17). The van der Waals surface area contributed by atoms with Crippen LogP contribution in [0.1, 0.15) is 19.0 Å². The van der Waals surface area contributed by atoms with Crippen LogP contribution in [0.2, 0.25) is 0 Å². The highest BCUT2D eigenvalue weighted by molar-refractivity contribution is 5.30. The normalized spacial score (nSPS) is 19.2. The van der Waals surface area contributed by atoms with Crippen LogP contribution in [0.3, 0.4) is 0 Å². The Bertz CT molecular complexity index is 394. The number of rotatable bonds is 6. The molecule has 1 unspecified atom stereocenters. The first-order valence-electron chi connectivity index (χ1n) is 6.81. The van der Waals surface area contributed by atoms with E-state index in [1.165, 1.54) is 0 Å². The monoisotopic (exact) mass is 266 g/mol. The zero-order chi connectivity index (χ0) is 13.5. The average molecular weight is 266 g/mol. The van der Waals surface area contributed by atoms with Crippen molar-refractivity contribution in [3.8, 4) is 5.88 Å². The van der Waals surface area contributed by atoms with Crippen LogP contribution in [-0.2, 0) is 4.74 Å². The van der Waals surface area contributed by atoms with Gasteiger partial charge in [0.1, 0.15) is 0 Å². The second-order valence-corrected chi connectivity index (χ2v) is 4.63. The van der Waals surface area contributed by atoms with Crippen molar-refractivity contribution in [1.29, 1.82) is 0 Å². The van der Waals surface area contributed by atoms with Gasteiger partial charge in [0.2, 0.25) is 11.8 Å². The van der Waals surface area contributed by atoms with Gasteiger partial charge in [0, 0.05) is 30.9 Å². The zero-order valence-corrected chi connectivity index (χ0v) is 11.6. The minimum Gasteiger partial charge on any atom is -0.478 e. The van der Waals surface area contributed by atoms with Gasteiger partial charge in [-0.25, -0.2) is 4.98 Å². The molecule has 2 N–H and O–H groups in total. The molecule has 0 bridgehead atoms. The van der Waals surface area contributed by atoms with Crippen molar-refractivity contribution in [1.82, 2.24) is 15.3 Å². The van der Waals surface area contributed by atoms with E-state index < -0.39 is 0 Å². The van der Waals surface area contributed by atoms with Gasteiger partial charge in [-0.15, -0.1) is 0 Å². The Morgan fingerprint density at radius 1 is 1.53 bits per heavy atom. The number of morpholine rings is 1. The van der Waals surface area contributed by atoms with Gasteiger partial charge < -0.3 is 20.1 Å². The highest BCUT2D eigenvalue weighted by Gasteiger charge is 2.13. The third-order valence-corrected chi connectivity index (χ3v) is 2.79. The van der Waals surface area contributed by atoms with Gasteiger partial charge in [-0.05, 0) is 13.3 Å². The molecule has 0 aliphatic carbocycles. The maximum absolute atomic E-state index is 5.54. The van der Waals surface area contributed by atoms with E-state index in [4.69, 9.17) is 9.47 Å². The van der Waals surface area contributed by atoms with E-state index in [-0.39, 0.29) is 0 Å². The van der Waals surface area contributed by atoms with Gasteiger partial charge in [0.05, 0.1) is 19.8 Å². The number of anilines is 1. The predicted molar refractivity (Wildman–Crippen MR) is 73.7 cm³/mol. The summed E-state index contributed by atoms with van der Waals surface area (Å²) in [6, 6.07) is 2.15. The third kappa shape index (κ3) is 4.65. The van der Waals surface area contributed by atoms with E-state index in [0.717, 1.165) is 38.4 Å². The first kappa shape index (κ1) is 14.0. The van der Waals surface area contributed by atoms with E-state index in [2.05, 4.69) is 27.5 Å². The fourth-order valence-corrected chi connectivity index (χ4v) is 1.86. The molecule has 19 heavy (non-hydrogen) atoms. The Labute approximate surface area is 113 Å². The summed E-state index contributed by atoms with van der Waals surface area (Å²) < 4.78 is 10.9. The summed E-state index contributed by atoms with van der Waals surface area (Å²) in [6.45, 7) is 7.83. The van der Waals surface area contributed by atoms with E-state index in [0.29, 0.717) is 24.5 Å². The number of nitrogens with one attached hydrogen (secondary N) is 2. The molecule has 2 heterocycles. The predicted octanol–water partition coefficient (Wildman–Crippen LogP) is 0.974. The molecule has 1 atom stereocenters. The van der Waals surface area contributed by atoms with Crippen LogP contribution in [0.15, 0.2) is 6.07 Å². The van der Waals surface area contributed by atoms with Crippen LogP contribution in [0.25, 0.3) is 0 Å². The van der Waals surface area contributed by atoms with E-state index in [9.17, 15) is 0 Å². The first-order chi connectivity index (χ1) is 9.28. The number of hydrogen-bond donors (Lipinski definition) is 2. The van der Waals surface area contributed by atoms with E-state index in [1.807, 2.05) is 13.0 Å². The smallest absolute Gasteiger partial charge is 0.226 e. The van der Waals surface area contributed by atoms with Crippen LogP contribution in [0.5, 0.6) is 5.88 Å². The summed E-state index contributed by atoms with van der Waals surface area (Å²) in [6.07, 6.45) is 0.967. The number of aromatic nitrogens is 2. The van der Waals surface area contributed by atoms with Crippen molar-refractivity contribution >= 4 is 5.95 Å². The van der Waals surface area contributed by atoms with Gasteiger partial charge in [0.15, 0.2) is 0 Å². The van der Waals surface area contributed by atoms with Crippen molar-refractivity contribution in [2.45, 2.75) is 26.3 Å². The van der Waals surface area contributed by atoms with Gasteiger partial charge in [-0.1, -0.05) is 6.92 Å². The molecule has 6 nitrogen and oxygen atoms in total. The molecule has 6 heteroatoms. The SMILES string of the molecule is CCCOc1cc(C)nc(NCC2COCCN2)n1. The molecule has 1 aromatic rings. The second-order valence-electron chi connectivity index (χ2n) is 4.63. The fourth-order valence-electron chi connectivity index (χ4n) is 1.86. The molecule has 1 aliphatic heterocycles. The van der Waals surface area contributed by atoms with Crippen LogP contribution in [0, 0.1) is 6.92 Å². The highest BCUT2D eigenvalue weighted by atomic mass is 16.5. The van der Waals surface area contributed by atoms with Crippen LogP contribution in [0.4, 0.5) is 5.95 Å². The maximum atomic E-state index is 5.54. The molecular weight excluding hydrogens is 244 g/mol. The van der Waals surface area contributed by atoms with Crippen molar-refractivity contribution in [2.24, 2.45) is 0 Å².